The SMILES string of the molecule is Cn1ccnc1C(=O)C1CCCN(C(=O)c2conc2-c2ccccc2)C1. The van der Waals surface area contributed by atoms with Crippen molar-refractivity contribution in [1.82, 2.24) is 19.6 Å². The number of rotatable bonds is 4. The molecular weight excluding hydrogens is 344 g/mol. The minimum atomic E-state index is -0.246. The predicted molar refractivity (Wildman–Crippen MR) is 98.1 cm³/mol. The van der Waals surface area contributed by atoms with Gasteiger partial charge in [-0.1, -0.05) is 35.5 Å². The minimum Gasteiger partial charge on any atom is -0.363 e. The summed E-state index contributed by atoms with van der Waals surface area (Å²) < 4.78 is 6.80. The van der Waals surface area contributed by atoms with Gasteiger partial charge in [0.1, 0.15) is 17.5 Å². The van der Waals surface area contributed by atoms with Crippen molar-refractivity contribution < 1.29 is 14.1 Å². The lowest BCUT2D eigenvalue weighted by Gasteiger charge is -2.31. The first-order chi connectivity index (χ1) is 13.1. The third-order valence-corrected chi connectivity index (χ3v) is 4.97. The highest BCUT2D eigenvalue weighted by Gasteiger charge is 2.32. The molecular formula is C20H20N4O3. The Hall–Kier alpha value is -3.22. The maximum Gasteiger partial charge on any atom is 0.259 e. The Balaban J connectivity index is 1.54. The van der Waals surface area contributed by atoms with E-state index in [9.17, 15) is 9.59 Å². The van der Waals surface area contributed by atoms with Crippen molar-refractivity contribution >= 4 is 11.7 Å². The van der Waals surface area contributed by atoms with Gasteiger partial charge in [0.25, 0.3) is 5.91 Å². The van der Waals surface area contributed by atoms with Gasteiger partial charge in [0.05, 0.1) is 0 Å². The summed E-state index contributed by atoms with van der Waals surface area (Å²) in [6, 6.07) is 9.46. The van der Waals surface area contributed by atoms with E-state index in [2.05, 4.69) is 10.1 Å². The molecule has 1 amide bonds. The second-order valence-electron chi connectivity index (χ2n) is 6.76. The van der Waals surface area contributed by atoms with Gasteiger partial charge in [-0.2, -0.15) is 0 Å². The number of piperidine rings is 1. The zero-order chi connectivity index (χ0) is 18.8. The molecule has 0 spiro atoms. The molecule has 27 heavy (non-hydrogen) atoms. The molecule has 4 rings (SSSR count). The van der Waals surface area contributed by atoms with Gasteiger partial charge in [-0.3, -0.25) is 9.59 Å². The molecule has 1 aliphatic rings. The number of ketones is 1. The average Bonchev–Trinajstić information content (AvgIpc) is 3.37. The van der Waals surface area contributed by atoms with Crippen LogP contribution in [0.5, 0.6) is 0 Å². The molecule has 0 bridgehead atoms. The Bertz CT molecular complexity index is 961. The number of likely N-dealkylation sites (tertiary alicyclic amines) is 1. The summed E-state index contributed by atoms with van der Waals surface area (Å²) >= 11 is 0. The Labute approximate surface area is 156 Å². The molecule has 0 N–H and O–H groups in total. The fourth-order valence-electron chi connectivity index (χ4n) is 3.52. The van der Waals surface area contributed by atoms with Gasteiger partial charge >= 0.3 is 0 Å². The molecule has 3 aromatic rings. The van der Waals surface area contributed by atoms with Crippen molar-refractivity contribution in [3.05, 3.63) is 60.4 Å². The third-order valence-electron chi connectivity index (χ3n) is 4.97. The van der Waals surface area contributed by atoms with Crippen LogP contribution in [0.4, 0.5) is 0 Å². The fourth-order valence-corrected chi connectivity index (χ4v) is 3.52. The zero-order valence-corrected chi connectivity index (χ0v) is 15.0. The van der Waals surface area contributed by atoms with Crippen LogP contribution in [0.2, 0.25) is 0 Å². The summed E-state index contributed by atoms with van der Waals surface area (Å²) in [4.78, 5) is 31.7. The number of imidazole rings is 1. The summed E-state index contributed by atoms with van der Waals surface area (Å²) in [5.74, 6) is 0.00846. The first-order valence-electron chi connectivity index (χ1n) is 8.95. The van der Waals surface area contributed by atoms with Crippen LogP contribution in [0.3, 0.4) is 0 Å². The van der Waals surface area contributed by atoms with Gasteiger partial charge in [0, 0.05) is 44.0 Å². The van der Waals surface area contributed by atoms with E-state index in [1.165, 1.54) is 6.26 Å². The molecule has 3 heterocycles. The number of amides is 1. The quantitative estimate of drug-likeness (QED) is 0.665. The summed E-state index contributed by atoms with van der Waals surface area (Å²) in [6.07, 6.45) is 6.28. The monoisotopic (exact) mass is 364 g/mol. The number of hydrogen-bond donors (Lipinski definition) is 0. The second kappa shape index (κ2) is 7.19. The van der Waals surface area contributed by atoms with Gasteiger partial charge < -0.3 is 14.0 Å². The van der Waals surface area contributed by atoms with Crippen molar-refractivity contribution in [1.29, 1.82) is 0 Å². The van der Waals surface area contributed by atoms with Crippen molar-refractivity contribution in [2.45, 2.75) is 12.8 Å². The highest BCUT2D eigenvalue weighted by molar-refractivity contribution is 6.00. The number of nitrogens with zero attached hydrogens (tertiary/aromatic N) is 4. The molecule has 7 nitrogen and oxygen atoms in total. The molecule has 1 aliphatic heterocycles. The number of aromatic nitrogens is 3. The lowest BCUT2D eigenvalue weighted by atomic mass is 9.92. The van der Waals surface area contributed by atoms with Crippen LogP contribution in [0, 0.1) is 5.92 Å². The molecule has 138 valence electrons. The van der Waals surface area contributed by atoms with Gasteiger partial charge in [0.15, 0.2) is 5.82 Å². The largest absolute Gasteiger partial charge is 0.363 e. The first-order valence-corrected chi connectivity index (χ1v) is 8.95. The standard InChI is InChI=1S/C20H20N4O3/c1-23-11-9-21-19(23)18(25)15-8-5-10-24(12-15)20(26)16-13-27-22-17(16)14-6-3-2-4-7-14/h2-4,6-7,9,11,13,15H,5,8,10,12H2,1H3. The summed E-state index contributed by atoms with van der Waals surface area (Å²) in [7, 11) is 1.80. The lowest BCUT2D eigenvalue weighted by Crippen LogP contribution is -2.42. The van der Waals surface area contributed by atoms with E-state index in [0.29, 0.717) is 30.2 Å². The molecule has 0 radical (unpaired) electrons. The Kier molecular flexibility index (Phi) is 4.58. The van der Waals surface area contributed by atoms with Crippen LogP contribution >= 0.6 is 0 Å². The van der Waals surface area contributed by atoms with E-state index in [4.69, 9.17) is 4.52 Å². The highest BCUT2D eigenvalue weighted by Crippen LogP contribution is 2.26. The molecule has 1 atom stereocenters. The summed E-state index contributed by atoms with van der Waals surface area (Å²) in [6.45, 7) is 0.993. The van der Waals surface area contributed by atoms with E-state index in [0.717, 1.165) is 18.4 Å². The van der Waals surface area contributed by atoms with Gasteiger partial charge in [-0.25, -0.2) is 4.98 Å². The Morgan fingerprint density at radius 1 is 1.22 bits per heavy atom. The van der Waals surface area contributed by atoms with Crippen LogP contribution in [0.25, 0.3) is 11.3 Å². The highest BCUT2D eigenvalue weighted by atomic mass is 16.5. The van der Waals surface area contributed by atoms with Crippen LogP contribution < -0.4 is 0 Å². The molecule has 1 saturated heterocycles. The predicted octanol–water partition coefficient (Wildman–Crippen LogP) is 2.81. The van der Waals surface area contributed by atoms with Gasteiger partial charge in [-0.15, -0.1) is 0 Å². The van der Waals surface area contributed by atoms with Crippen LogP contribution in [-0.2, 0) is 7.05 Å². The summed E-state index contributed by atoms with van der Waals surface area (Å²) in [5, 5.41) is 4.01. The van der Waals surface area contributed by atoms with Crippen LogP contribution in [-0.4, -0.2) is 44.4 Å². The van der Waals surface area contributed by atoms with Crippen molar-refractivity contribution in [3.63, 3.8) is 0 Å². The van der Waals surface area contributed by atoms with Crippen LogP contribution in [0.1, 0.15) is 33.8 Å². The van der Waals surface area contributed by atoms with Crippen molar-refractivity contribution in [3.8, 4) is 11.3 Å². The van der Waals surface area contributed by atoms with Gasteiger partial charge in [0.2, 0.25) is 5.78 Å². The first kappa shape index (κ1) is 17.2. The molecule has 0 aliphatic carbocycles. The fraction of sp³-hybridized carbons (Fsp3) is 0.300. The molecule has 1 unspecified atom stereocenters. The van der Waals surface area contributed by atoms with Crippen LogP contribution in [0.15, 0.2) is 53.5 Å². The number of aryl methyl sites for hydroxylation is 1. The lowest BCUT2D eigenvalue weighted by molar-refractivity contribution is 0.0633. The van der Waals surface area contributed by atoms with E-state index in [-0.39, 0.29) is 17.6 Å². The van der Waals surface area contributed by atoms with E-state index >= 15 is 0 Å². The number of carbonyl (C=O) groups is 2. The summed E-state index contributed by atoms with van der Waals surface area (Å²) in [5.41, 5.74) is 1.77. The van der Waals surface area contributed by atoms with E-state index in [1.54, 1.807) is 28.9 Å². The topological polar surface area (TPSA) is 81.2 Å². The Morgan fingerprint density at radius 2 is 2.04 bits per heavy atom. The number of benzene rings is 1. The number of carbonyl (C=O) groups excluding carboxylic acids is 2. The minimum absolute atomic E-state index is 0.0198. The molecule has 7 heteroatoms. The zero-order valence-electron chi connectivity index (χ0n) is 15.0. The second-order valence-corrected chi connectivity index (χ2v) is 6.76. The maximum absolute atomic E-state index is 13.1. The van der Waals surface area contributed by atoms with Crippen molar-refractivity contribution in [2.24, 2.45) is 13.0 Å². The van der Waals surface area contributed by atoms with E-state index < -0.39 is 0 Å². The van der Waals surface area contributed by atoms with E-state index in [1.807, 2.05) is 30.3 Å². The average molecular weight is 364 g/mol. The maximum atomic E-state index is 13.1. The van der Waals surface area contributed by atoms with Crippen molar-refractivity contribution in [2.75, 3.05) is 13.1 Å². The normalized spacial score (nSPS) is 17.1. The third kappa shape index (κ3) is 3.28. The molecule has 0 saturated carbocycles. The number of hydrogen-bond acceptors (Lipinski definition) is 5. The molecule has 1 aromatic carbocycles. The number of Topliss-reactive ketones (excluding diaryl/α,β-unsaturated/α-hetero) is 1. The Morgan fingerprint density at radius 3 is 2.78 bits per heavy atom. The smallest absolute Gasteiger partial charge is 0.259 e. The molecule has 2 aromatic heterocycles. The molecule has 1 fully saturated rings. The van der Waals surface area contributed by atoms with Gasteiger partial charge in [-0.05, 0) is 12.8 Å².